The Morgan fingerprint density at radius 3 is 1.50 bits per heavy atom. The highest BCUT2D eigenvalue weighted by atomic mass is 16.4. The number of hydrogen-bond donors (Lipinski definition) is 7. The molecule has 13 heteroatoms. The Morgan fingerprint density at radius 1 is 0.500 bits per heavy atom. The van der Waals surface area contributed by atoms with Crippen LogP contribution in [-0.4, -0.2) is 76.9 Å². The summed E-state index contributed by atoms with van der Waals surface area (Å²) in [5, 5.41) is 32.3. The maximum atomic E-state index is 13.4. The SMILES string of the molecule is CC(C)=CCC/C(C)=C/CC/C(C)=C/CC/C=C(\C)CC/C=C(\C)CCC(=O)NC(Cc1ccc(O)cc1)C(=O)NCC(=O)NCC(=O)NC(Cc1ccccc1)C(=O)NC(CC(C)C)C(=O)O. The largest absolute Gasteiger partial charge is 0.508 e. The van der Waals surface area contributed by atoms with Crippen LogP contribution >= 0.6 is 0 Å². The molecule has 372 valence electrons. The molecule has 7 N–H and O–H groups in total. The van der Waals surface area contributed by atoms with Crippen LogP contribution in [0.15, 0.2) is 113 Å². The third-order valence-corrected chi connectivity index (χ3v) is 11.2. The lowest BCUT2D eigenvalue weighted by Gasteiger charge is -2.22. The van der Waals surface area contributed by atoms with Crippen LogP contribution in [0.5, 0.6) is 5.75 Å². The van der Waals surface area contributed by atoms with Crippen LogP contribution in [0.4, 0.5) is 0 Å². The molecule has 2 rings (SSSR count). The van der Waals surface area contributed by atoms with Gasteiger partial charge in [0.05, 0.1) is 13.1 Å². The van der Waals surface area contributed by atoms with Gasteiger partial charge in [-0.1, -0.05) is 115 Å². The second-order valence-corrected chi connectivity index (χ2v) is 18.5. The fourth-order valence-electron chi connectivity index (χ4n) is 7.20. The van der Waals surface area contributed by atoms with E-state index in [1.165, 1.54) is 34.4 Å². The number of carbonyl (C=O) groups is 6. The molecule has 0 aliphatic carbocycles. The van der Waals surface area contributed by atoms with Crippen molar-refractivity contribution in [2.24, 2.45) is 5.92 Å². The number of rotatable bonds is 31. The van der Waals surface area contributed by atoms with E-state index < -0.39 is 60.8 Å². The minimum atomic E-state index is -1.19. The van der Waals surface area contributed by atoms with Crippen LogP contribution in [0.3, 0.4) is 0 Å². The Balaban J connectivity index is 1.89. The van der Waals surface area contributed by atoms with Gasteiger partial charge in [-0.3, -0.25) is 24.0 Å². The van der Waals surface area contributed by atoms with E-state index in [1.807, 2.05) is 20.8 Å². The Hall–Kier alpha value is -6.24. The average Bonchev–Trinajstić information content (AvgIpc) is 3.28. The van der Waals surface area contributed by atoms with Gasteiger partial charge in [-0.15, -0.1) is 0 Å². The third-order valence-electron chi connectivity index (χ3n) is 11.2. The lowest BCUT2D eigenvalue weighted by molar-refractivity contribution is -0.142. The zero-order chi connectivity index (χ0) is 50.4. The molecule has 68 heavy (non-hydrogen) atoms. The number of aliphatic carboxylic acids is 1. The van der Waals surface area contributed by atoms with Crippen molar-refractivity contribution in [3.8, 4) is 5.75 Å². The highest BCUT2D eigenvalue weighted by Crippen LogP contribution is 2.16. The molecule has 5 amide bonds. The van der Waals surface area contributed by atoms with E-state index in [0.717, 1.165) is 62.5 Å². The van der Waals surface area contributed by atoms with Crippen molar-refractivity contribution in [2.75, 3.05) is 13.1 Å². The van der Waals surface area contributed by atoms with Crippen LogP contribution < -0.4 is 26.6 Å². The van der Waals surface area contributed by atoms with Crippen molar-refractivity contribution in [1.29, 1.82) is 0 Å². The number of hydrogen-bond acceptors (Lipinski definition) is 7. The quantitative estimate of drug-likeness (QED) is 0.0287. The van der Waals surface area contributed by atoms with Gasteiger partial charge in [0.1, 0.15) is 23.9 Å². The van der Waals surface area contributed by atoms with Crippen molar-refractivity contribution in [3.63, 3.8) is 0 Å². The summed E-state index contributed by atoms with van der Waals surface area (Å²) in [6.07, 6.45) is 20.7. The first kappa shape index (κ1) is 57.9. The van der Waals surface area contributed by atoms with Crippen LogP contribution in [0, 0.1) is 5.92 Å². The summed E-state index contributed by atoms with van der Waals surface area (Å²) < 4.78 is 0. The summed E-state index contributed by atoms with van der Waals surface area (Å²) in [7, 11) is 0. The number of allylic oxidation sites excluding steroid dienone is 10. The third kappa shape index (κ3) is 26.8. The number of aromatic hydroxyl groups is 1. The minimum absolute atomic E-state index is 0.0119. The van der Waals surface area contributed by atoms with E-state index >= 15 is 0 Å². The first-order chi connectivity index (χ1) is 32.3. The Bertz CT molecular complexity index is 2080. The van der Waals surface area contributed by atoms with Gasteiger partial charge in [0, 0.05) is 19.3 Å². The molecule has 0 saturated heterocycles. The van der Waals surface area contributed by atoms with Gasteiger partial charge in [0.15, 0.2) is 0 Å². The Kier molecular flexibility index (Phi) is 27.6. The van der Waals surface area contributed by atoms with E-state index in [0.29, 0.717) is 12.0 Å². The second-order valence-electron chi connectivity index (χ2n) is 18.5. The van der Waals surface area contributed by atoms with Crippen LogP contribution in [0.25, 0.3) is 0 Å². The average molecular weight is 938 g/mol. The maximum Gasteiger partial charge on any atom is 0.326 e. The summed E-state index contributed by atoms with van der Waals surface area (Å²) in [5.74, 6) is -4.18. The maximum absolute atomic E-state index is 13.4. The van der Waals surface area contributed by atoms with Crippen molar-refractivity contribution >= 4 is 35.5 Å². The standard InChI is InChI=1S/C55H79N5O8/c1-38(2)17-14-20-42(7)23-15-21-40(5)18-12-13-19-41(6)22-16-24-43(8)27-32-50(62)58-47(35-45-28-30-46(61)31-29-45)53(65)57-36-51(63)56-37-52(64)59-48(34-44-25-10-9-11-26-44)54(66)60-49(55(67)68)33-39(3)4/h9-11,17-19,23-26,28-31,39,47-49,61H,12-16,20-22,27,32-37H2,1-8H3,(H,56,63)(H,57,65)(H,58,62)(H,59,64)(H,60,66)(H,67,68)/b40-18+,41-19+,42-23+,43-24+. The summed E-state index contributed by atoms with van der Waals surface area (Å²) >= 11 is 0. The van der Waals surface area contributed by atoms with Gasteiger partial charge in [-0.2, -0.15) is 0 Å². The summed E-state index contributed by atoms with van der Waals surface area (Å²) in [5.41, 5.74) is 8.04. The number of nitrogens with one attached hydrogen (secondary N) is 5. The van der Waals surface area contributed by atoms with Crippen molar-refractivity contribution < 1.29 is 39.0 Å². The highest BCUT2D eigenvalue weighted by molar-refractivity contribution is 5.94. The zero-order valence-electron chi connectivity index (χ0n) is 41.8. The van der Waals surface area contributed by atoms with E-state index in [1.54, 1.807) is 42.5 Å². The first-order valence-corrected chi connectivity index (χ1v) is 24.0. The van der Waals surface area contributed by atoms with Gasteiger partial charge in [-0.05, 0) is 135 Å². The highest BCUT2D eigenvalue weighted by Gasteiger charge is 2.28. The molecule has 0 radical (unpaired) electrons. The number of carboxylic acids is 1. The molecule has 0 bridgehead atoms. The summed E-state index contributed by atoms with van der Waals surface area (Å²) in [6.45, 7) is 15.5. The van der Waals surface area contributed by atoms with E-state index in [-0.39, 0.29) is 43.3 Å². The number of carbonyl (C=O) groups excluding carboxylic acids is 5. The number of carboxylic acid groups (broad SMARTS) is 1. The van der Waals surface area contributed by atoms with E-state index in [2.05, 4.69) is 91.6 Å². The minimum Gasteiger partial charge on any atom is -0.508 e. The van der Waals surface area contributed by atoms with Gasteiger partial charge in [0.25, 0.3) is 0 Å². The fourth-order valence-corrected chi connectivity index (χ4v) is 7.20. The van der Waals surface area contributed by atoms with Crippen LogP contribution in [0.1, 0.15) is 137 Å². The second kappa shape index (κ2) is 32.5. The molecule has 3 unspecified atom stereocenters. The van der Waals surface area contributed by atoms with Gasteiger partial charge < -0.3 is 36.8 Å². The predicted octanol–water partition coefficient (Wildman–Crippen LogP) is 8.65. The Morgan fingerprint density at radius 2 is 0.971 bits per heavy atom. The summed E-state index contributed by atoms with van der Waals surface area (Å²) in [4.78, 5) is 77.5. The van der Waals surface area contributed by atoms with Crippen molar-refractivity contribution in [2.45, 2.75) is 157 Å². The lowest BCUT2D eigenvalue weighted by Crippen LogP contribution is -2.54. The normalized spacial score (nSPS) is 13.5. The molecule has 0 spiro atoms. The molecule has 0 fully saturated rings. The number of unbranched alkanes of at least 4 members (excludes halogenated alkanes) is 1. The first-order valence-electron chi connectivity index (χ1n) is 24.0. The predicted molar refractivity (Wildman–Crippen MR) is 271 cm³/mol. The van der Waals surface area contributed by atoms with E-state index in [9.17, 15) is 39.0 Å². The molecule has 0 aliphatic heterocycles. The molecule has 13 nitrogen and oxygen atoms in total. The topological polar surface area (TPSA) is 203 Å². The fraction of sp³-hybridized carbons (Fsp3) is 0.491. The number of phenols is 1. The molecule has 0 heterocycles. The molecule has 2 aromatic carbocycles. The monoisotopic (exact) mass is 938 g/mol. The van der Waals surface area contributed by atoms with Gasteiger partial charge >= 0.3 is 5.97 Å². The molecule has 2 aromatic rings. The van der Waals surface area contributed by atoms with E-state index in [4.69, 9.17) is 0 Å². The zero-order valence-corrected chi connectivity index (χ0v) is 41.8. The molecule has 0 saturated carbocycles. The number of benzene rings is 2. The van der Waals surface area contributed by atoms with Crippen LogP contribution in [-0.2, 0) is 41.6 Å². The van der Waals surface area contributed by atoms with Crippen molar-refractivity contribution in [3.05, 3.63) is 124 Å². The smallest absolute Gasteiger partial charge is 0.326 e. The Labute approximate surface area is 405 Å². The number of amides is 5. The molecular weight excluding hydrogens is 859 g/mol. The molecule has 3 atom stereocenters. The number of phenolic OH excluding ortho intramolecular Hbond substituents is 1. The lowest BCUT2D eigenvalue weighted by atomic mass is 10.0. The molecule has 0 aliphatic rings. The van der Waals surface area contributed by atoms with Crippen LogP contribution in [0.2, 0.25) is 0 Å². The van der Waals surface area contributed by atoms with Gasteiger partial charge in [-0.25, -0.2) is 4.79 Å². The molecular formula is C55H79N5O8. The molecule has 0 aromatic heterocycles. The van der Waals surface area contributed by atoms with Gasteiger partial charge in [0.2, 0.25) is 29.5 Å². The van der Waals surface area contributed by atoms with Crippen molar-refractivity contribution in [1.82, 2.24) is 26.6 Å². The summed E-state index contributed by atoms with van der Waals surface area (Å²) in [6, 6.07) is 11.8.